The van der Waals surface area contributed by atoms with Crippen molar-refractivity contribution in [1.29, 1.82) is 0 Å². The summed E-state index contributed by atoms with van der Waals surface area (Å²) in [5.41, 5.74) is 2.06. The average Bonchev–Trinajstić information content (AvgIpc) is 3.28. The van der Waals surface area contributed by atoms with Crippen molar-refractivity contribution in [3.05, 3.63) is 60.4 Å². The number of aromatic nitrogens is 3. The lowest BCUT2D eigenvalue weighted by atomic mass is 9.53. The molecule has 3 aromatic rings. The molecule has 4 fully saturated rings. The van der Waals surface area contributed by atoms with E-state index in [4.69, 9.17) is 4.74 Å². The van der Waals surface area contributed by atoms with Crippen LogP contribution in [0.4, 0.5) is 5.69 Å². The monoisotopic (exact) mass is 517 g/mol. The smallest absolute Gasteiger partial charge is 0.230 e. The highest BCUT2D eigenvalue weighted by Gasteiger charge is 2.51. The van der Waals surface area contributed by atoms with Crippen LogP contribution >= 0.6 is 11.8 Å². The van der Waals surface area contributed by atoms with Crippen LogP contribution in [-0.4, -0.2) is 46.1 Å². The first-order valence-electron chi connectivity index (χ1n) is 13.3. The van der Waals surface area contributed by atoms with Gasteiger partial charge in [0.1, 0.15) is 12.4 Å². The number of nitrogens with one attached hydrogen (secondary N) is 1. The SMILES string of the molecule is CN(C)c1cccc(OCc2nnc(SCC(=O)NC34CC5CC(CC(C5)C3)C4)n2-c2ccccc2)c1. The van der Waals surface area contributed by atoms with Gasteiger partial charge < -0.3 is 15.0 Å². The lowest BCUT2D eigenvalue weighted by Crippen LogP contribution is -2.60. The number of amides is 1. The summed E-state index contributed by atoms with van der Waals surface area (Å²) in [6, 6.07) is 18.0. The zero-order valence-electron chi connectivity index (χ0n) is 21.6. The van der Waals surface area contributed by atoms with E-state index >= 15 is 0 Å². The normalized spacial score (nSPS) is 25.7. The Kier molecular flexibility index (Phi) is 6.61. The van der Waals surface area contributed by atoms with E-state index in [0.717, 1.165) is 54.1 Å². The van der Waals surface area contributed by atoms with Crippen LogP contribution in [0.15, 0.2) is 59.8 Å². The molecule has 0 unspecified atom stereocenters. The van der Waals surface area contributed by atoms with Gasteiger partial charge in [0.05, 0.1) is 5.75 Å². The van der Waals surface area contributed by atoms with Gasteiger partial charge in [-0.25, -0.2) is 0 Å². The standard InChI is InChI=1S/C29H35N5O2S/c1-33(2)24-9-6-10-25(14-24)36-18-26-31-32-28(34(26)23-7-4-3-5-8-23)37-19-27(35)30-29-15-20-11-21(16-29)13-22(12-20)17-29/h3-10,14,20-22H,11-13,15-19H2,1-2H3,(H,30,35). The summed E-state index contributed by atoms with van der Waals surface area (Å²) in [7, 11) is 4.02. The van der Waals surface area contributed by atoms with Crippen molar-refractivity contribution in [2.75, 3.05) is 24.7 Å². The molecule has 0 spiro atoms. The van der Waals surface area contributed by atoms with Gasteiger partial charge in [0.15, 0.2) is 11.0 Å². The number of rotatable bonds is 9. The van der Waals surface area contributed by atoms with Gasteiger partial charge in [-0.2, -0.15) is 0 Å². The Morgan fingerprint density at radius 3 is 2.41 bits per heavy atom. The maximum atomic E-state index is 13.1. The second-order valence-corrected chi connectivity index (χ2v) is 12.2. The lowest BCUT2D eigenvalue weighted by molar-refractivity contribution is -0.124. The molecule has 4 bridgehead atoms. The maximum Gasteiger partial charge on any atom is 0.230 e. The van der Waals surface area contributed by atoms with E-state index in [1.807, 2.05) is 78.2 Å². The number of ether oxygens (including phenoxy) is 1. The number of benzene rings is 2. The number of para-hydroxylation sites is 1. The molecule has 1 heterocycles. The van der Waals surface area contributed by atoms with Gasteiger partial charge in [-0.1, -0.05) is 36.0 Å². The Labute approximate surface area is 223 Å². The topological polar surface area (TPSA) is 72.3 Å². The quantitative estimate of drug-likeness (QED) is 0.399. The first-order valence-corrected chi connectivity index (χ1v) is 14.3. The summed E-state index contributed by atoms with van der Waals surface area (Å²) in [5, 5.41) is 13.1. The summed E-state index contributed by atoms with van der Waals surface area (Å²) in [4.78, 5) is 15.2. The predicted molar refractivity (Wildman–Crippen MR) is 146 cm³/mol. The van der Waals surface area contributed by atoms with Gasteiger partial charge in [0.25, 0.3) is 0 Å². The molecule has 0 radical (unpaired) electrons. The van der Waals surface area contributed by atoms with E-state index in [2.05, 4.69) is 15.5 Å². The highest BCUT2D eigenvalue weighted by atomic mass is 32.2. The third-order valence-electron chi connectivity index (χ3n) is 8.19. The minimum absolute atomic E-state index is 0.0274. The summed E-state index contributed by atoms with van der Waals surface area (Å²) in [5.74, 6) is 4.33. The second-order valence-electron chi connectivity index (χ2n) is 11.3. The van der Waals surface area contributed by atoms with Gasteiger partial charge in [0, 0.05) is 37.1 Å². The summed E-state index contributed by atoms with van der Waals surface area (Å²) in [6.07, 6.45) is 7.58. The minimum Gasteiger partial charge on any atom is -0.486 e. The molecule has 37 heavy (non-hydrogen) atoms. The number of carbonyl (C=O) groups is 1. The Morgan fingerprint density at radius 2 is 1.73 bits per heavy atom. The van der Waals surface area contributed by atoms with Crippen molar-refractivity contribution < 1.29 is 9.53 Å². The van der Waals surface area contributed by atoms with Crippen LogP contribution in [0.25, 0.3) is 5.69 Å². The molecule has 4 aliphatic rings. The molecule has 8 heteroatoms. The van der Waals surface area contributed by atoms with E-state index in [0.29, 0.717) is 16.7 Å². The van der Waals surface area contributed by atoms with E-state index < -0.39 is 0 Å². The van der Waals surface area contributed by atoms with Crippen LogP contribution in [-0.2, 0) is 11.4 Å². The fourth-order valence-electron chi connectivity index (χ4n) is 7.05. The molecule has 0 aliphatic heterocycles. The molecule has 4 aliphatic carbocycles. The Bertz CT molecular complexity index is 1220. The van der Waals surface area contributed by atoms with Crippen LogP contribution in [0.3, 0.4) is 0 Å². The fraction of sp³-hybridized carbons (Fsp3) is 0.483. The third-order valence-corrected chi connectivity index (χ3v) is 9.12. The molecule has 1 aromatic heterocycles. The molecule has 0 saturated heterocycles. The Morgan fingerprint density at radius 1 is 1.03 bits per heavy atom. The Balaban J connectivity index is 1.15. The number of hydrogen-bond donors (Lipinski definition) is 1. The van der Waals surface area contributed by atoms with Crippen LogP contribution < -0.4 is 15.0 Å². The van der Waals surface area contributed by atoms with E-state index in [-0.39, 0.29) is 18.1 Å². The second kappa shape index (κ2) is 10.0. The van der Waals surface area contributed by atoms with Crippen molar-refractivity contribution in [1.82, 2.24) is 20.1 Å². The number of nitrogens with zero attached hydrogens (tertiary/aromatic N) is 4. The number of carbonyl (C=O) groups excluding carboxylic acids is 1. The third kappa shape index (κ3) is 5.21. The number of hydrogen-bond acceptors (Lipinski definition) is 6. The molecule has 194 valence electrons. The first-order chi connectivity index (χ1) is 18.0. The largest absolute Gasteiger partial charge is 0.486 e. The molecule has 2 aromatic carbocycles. The van der Waals surface area contributed by atoms with Crippen LogP contribution in [0.5, 0.6) is 5.75 Å². The van der Waals surface area contributed by atoms with Crippen molar-refractivity contribution in [3.8, 4) is 11.4 Å². The van der Waals surface area contributed by atoms with Gasteiger partial charge >= 0.3 is 0 Å². The summed E-state index contributed by atoms with van der Waals surface area (Å²) >= 11 is 1.44. The number of anilines is 1. The van der Waals surface area contributed by atoms with Crippen molar-refractivity contribution >= 4 is 23.4 Å². The summed E-state index contributed by atoms with van der Waals surface area (Å²) < 4.78 is 8.10. The highest BCUT2D eigenvalue weighted by molar-refractivity contribution is 7.99. The number of thioether (sulfide) groups is 1. The first kappa shape index (κ1) is 24.3. The minimum atomic E-state index is 0.0274. The molecule has 0 atom stereocenters. The molecule has 7 nitrogen and oxygen atoms in total. The predicted octanol–water partition coefficient (Wildman–Crippen LogP) is 5.09. The van der Waals surface area contributed by atoms with Gasteiger partial charge in [-0.05, 0) is 80.5 Å². The van der Waals surface area contributed by atoms with Gasteiger partial charge in [0.2, 0.25) is 5.91 Å². The molecular weight excluding hydrogens is 482 g/mol. The van der Waals surface area contributed by atoms with Crippen LogP contribution in [0, 0.1) is 17.8 Å². The van der Waals surface area contributed by atoms with E-state index in [1.54, 1.807) is 0 Å². The summed E-state index contributed by atoms with van der Waals surface area (Å²) in [6.45, 7) is 0.277. The fourth-order valence-corrected chi connectivity index (χ4v) is 7.82. The highest BCUT2D eigenvalue weighted by Crippen LogP contribution is 2.55. The van der Waals surface area contributed by atoms with Gasteiger partial charge in [-0.15, -0.1) is 10.2 Å². The van der Waals surface area contributed by atoms with Crippen LogP contribution in [0.2, 0.25) is 0 Å². The molecule has 1 N–H and O–H groups in total. The van der Waals surface area contributed by atoms with Gasteiger partial charge in [-0.3, -0.25) is 9.36 Å². The van der Waals surface area contributed by atoms with E-state index in [9.17, 15) is 4.79 Å². The zero-order chi connectivity index (χ0) is 25.4. The van der Waals surface area contributed by atoms with Crippen molar-refractivity contribution in [3.63, 3.8) is 0 Å². The Hall–Kier alpha value is -3.00. The molecule has 4 saturated carbocycles. The lowest BCUT2D eigenvalue weighted by Gasteiger charge is -2.56. The van der Waals surface area contributed by atoms with E-state index in [1.165, 1.54) is 31.0 Å². The molecule has 7 rings (SSSR count). The van der Waals surface area contributed by atoms with Crippen molar-refractivity contribution in [2.45, 2.75) is 55.8 Å². The zero-order valence-corrected chi connectivity index (χ0v) is 22.4. The molecule has 1 amide bonds. The maximum absolute atomic E-state index is 13.1. The van der Waals surface area contributed by atoms with Crippen molar-refractivity contribution in [2.24, 2.45) is 17.8 Å². The average molecular weight is 518 g/mol. The van der Waals surface area contributed by atoms with Crippen LogP contribution in [0.1, 0.15) is 44.3 Å². The molecular formula is C29H35N5O2S.